The van der Waals surface area contributed by atoms with Crippen molar-refractivity contribution in [1.29, 1.82) is 0 Å². The van der Waals surface area contributed by atoms with Crippen LogP contribution < -0.4 is 5.32 Å². The van der Waals surface area contributed by atoms with Crippen molar-refractivity contribution in [1.82, 2.24) is 15.2 Å². The molecular formula is C13H18BrN3O3S. The summed E-state index contributed by atoms with van der Waals surface area (Å²) in [6.45, 7) is 1.67. The average molecular weight is 376 g/mol. The molecule has 0 aliphatic carbocycles. The van der Waals surface area contributed by atoms with E-state index in [0.717, 1.165) is 22.5 Å². The summed E-state index contributed by atoms with van der Waals surface area (Å²) < 4.78 is 5.64. The number of piperidine rings is 1. The summed E-state index contributed by atoms with van der Waals surface area (Å²) in [4.78, 5) is 29.9. The fourth-order valence-electron chi connectivity index (χ4n) is 2.31. The number of aromatic nitrogens is 1. The van der Waals surface area contributed by atoms with E-state index in [1.54, 1.807) is 4.90 Å². The van der Waals surface area contributed by atoms with E-state index in [2.05, 4.69) is 26.2 Å². The number of nitrogens with zero attached hydrogens (tertiary/aromatic N) is 2. The highest BCUT2D eigenvalue weighted by Gasteiger charge is 2.28. The standard InChI is InChI=1S/C13H18BrN3O3S/c1-20-7-12(18)17-4-2-3-9(6-17)13(19)15-5-11-16-10(14)8-21-11/h8-9H,2-7H2,1H3,(H,15,19)/t9-/m0/s1. The Morgan fingerprint density at radius 3 is 3.10 bits per heavy atom. The minimum Gasteiger partial charge on any atom is -0.375 e. The molecule has 1 N–H and O–H groups in total. The summed E-state index contributed by atoms with van der Waals surface area (Å²) in [5, 5.41) is 5.63. The summed E-state index contributed by atoms with van der Waals surface area (Å²) in [7, 11) is 1.50. The number of hydrogen-bond acceptors (Lipinski definition) is 5. The topological polar surface area (TPSA) is 71.5 Å². The first kappa shape index (κ1) is 16.4. The summed E-state index contributed by atoms with van der Waals surface area (Å²) in [6, 6.07) is 0. The molecule has 0 radical (unpaired) electrons. The zero-order chi connectivity index (χ0) is 15.2. The Balaban J connectivity index is 1.82. The van der Waals surface area contributed by atoms with Gasteiger partial charge in [0.25, 0.3) is 0 Å². The fraction of sp³-hybridized carbons (Fsp3) is 0.615. The van der Waals surface area contributed by atoms with Gasteiger partial charge in [-0.3, -0.25) is 9.59 Å². The number of hydrogen-bond donors (Lipinski definition) is 1. The maximum Gasteiger partial charge on any atom is 0.248 e. The van der Waals surface area contributed by atoms with Crippen molar-refractivity contribution in [3.05, 3.63) is 15.0 Å². The first-order valence-electron chi connectivity index (χ1n) is 6.74. The number of thiazole rings is 1. The van der Waals surface area contributed by atoms with E-state index in [9.17, 15) is 9.59 Å². The highest BCUT2D eigenvalue weighted by Crippen LogP contribution is 2.18. The summed E-state index contributed by atoms with van der Waals surface area (Å²) >= 11 is 4.78. The largest absolute Gasteiger partial charge is 0.375 e. The van der Waals surface area contributed by atoms with Gasteiger partial charge in [-0.2, -0.15) is 0 Å². The van der Waals surface area contributed by atoms with Crippen LogP contribution in [0.2, 0.25) is 0 Å². The molecule has 2 amide bonds. The van der Waals surface area contributed by atoms with E-state index in [1.165, 1.54) is 18.4 Å². The summed E-state index contributed by atoms with van der Waals surface area (Å²) in [5.74, 6) is -0.224. The molecule has 1 aliphatic rings. The van der Waals surface area contributed by atoms with Gasteiger partial charge >= 0.3 is 0 Å². The molecule has 1 fully saturated rings. The molecule has 0 spiro atoms. The Bertz CT molecular complexity index is 509. The van der Waals surface area contributed by atoms with Crippen LogP contribution in [0, 0.1) is 5.92 Å². The molecule has 0 aromatic carbocycles. The van der Waals surface area contributed by atoms with Crippen LogP contribution in [0.1, 0.15) is 17.8 Å². The zero-order valence-corrected chi connectivity index (χ0v) is 14.2. The zero-order valence-electron chi connectivity index (χ0n) is 11.8. The molecule has 0 bridgehead atoms. The molecule has 1 aliphatic heterocycles. The maximum absolute atomic E-state index is 12.2. The van der Waals surface area contributed by atoms with Gasteiger partial charge in [-0.15, -0.1) is 11.3 Å². The maximum atomic E-state index is 12.2. The van der Waals surface area contributed by atoms with Crippen molar-refractivity contribution in [2.24, 2.45) is 5.92 Å². The van der Waals surface area contributed by atoms with E-state index in [4.69, 9.17) is 4.74 Å². The van der Waals surface area contributed by atoms with Gasteiger partial charge in [-0.05, 0) is 28.8 Å². The smallest absolute Gasteiger partial charge is 0.248 e. The number of nitrogens with one attached hydrogen (secondary N) is 1. The van der Waals surface area contributed by atoms with E-state index in [0.29, 0.717) is 19.6 Å². The quantitative estimate of drug-likeness (QED) is 0.844. The normalized spacial score (nSPS) is 18.6. The van der Waals surface area contributed by atoms with Crippen LogP contribution >= 0.6 is 27.3 Å². The molecule has 0 saturated carbocycles. The second-order valence-electron chi connectivity index (χ2n) is 4.89. The van der Waals surface area contributed by atoms with Gasteiger partial charge in [-0.25, -0.2) is 4.98 Å². The molecule has 1 aromatic rings. The van der Waals surface area contributed by atoms with Crippen LogP contribution in [-0.2, 0) is 20.9 Å². The monoisotopic (exact) mass is 375 g/mol. The molecule has 21 heavy (non-hydrogen) atoms. The number of methoxy groups -OCH3 is 1. The van der Waals surface area contributed by atoms with Crippen LogP contribution in [-0.4, -0.2) is 48.5 Å². The third kappa shape index (κ3) is 4.76. The SMILES string of the molecule is COCC(=O)N1CCC[C@H](C(=O)NCc2nc(Br)cs2)C1. The number of carbonyl (C=O) groups excluding carboxylic acids is 2. The van der Waals surface area contributed by atoms with Gasteiger partial charge in [0, 0.05) is 25.6 Å². The highest BCUT2D eigenvalue weighted by molar-refractivity contribution is 9.10. The summed E-state index contributed by atoms with van der Waals surface area (Å²) in [5.41, 5.74) is 0. The molecule has 116 valence electrons. The predicted octanol–water partition coefficient (Wildman–Crippen LogP) is 1.41. The molecule has 6 nitrogen and oxygen atoms in total. The lowest BCUT2D eigenvalue weighted by atomic mass is 9.97. The lowest BCUT2D eigenvalue weighted by molar-refractivity contribution is -0.139. The predicted molar refractivity (Wildman–Crippen MR) is 82.8 cm³/mol. The molecule has 1 saturated heterocycles. The Morgan fingerprint density at radius 1 is 1.62 bits per heavy atom. The number of carbonyl (C=O) groups is 2. The van der Waals surface area contributed by atoms with E-state index in [1.807, 2.05) is 5.38 Å². The molecule has 8 heteroatoms. The lowest BCUT2D eigenvalue weighted by Gasteiger charge is -2.31. The van der Waals surface area contributed by atoms with Gasteiger partial charge in [0.1, 0.15) is 16.2 Å². The van der Waals surface area contributed by atoms with Crippen molar-refractivity contribution < 1.29 is 14.3 Å². The van der Waals surface area contributed by atoms with E-state index in [-0.39, 0.29) is 24.3 Å². The van der Waals surface area contributed by atoms with Crippen LogP contribution in [0.3, 0.4) is 0 Å². The number of amides is 2. The van der Waals surface area contributed by atoms with Crippen LogP contribution in [0.4, 0.5) is 0 Å². The second kappa shape index (κ2) is 7.86. The number of halogens is 1. The van der Waals surface area contributed by atoms with Gasteiger partial charge in [0.15, 0.2) is 0 Å². The van der Waals surface area contributed by atoms with Crippen molar-refractivity contribution in [2.45, 2.75) is 19.4 Å². The molecule has 1 atom stereocenters. The van der Waals surface area contributed by atoms with Crippen molar-refractivity contribution in [3.63, 3.8) is 0 Å². The van der Waals surface area contributed by atoms with Gasteiger partial charge in [-0.1, -0.05) is 0 Å². The Hall–Kier alpha value is -0.990. The Labute approximate surface area is 136 Å². The first-order chi connectivity index (χ1) is 10.1. The molecule has 0 unspecified atom stereocenters. The molecule has 1 aromatic heterocycles. The van der Waals surface area contributed by atoms with Crippen molar-refractivity contribution in [2.75, 3.05) is 26.8 Å². The van der Waals surface area contributed by atoms with Gasteiger partial charge < -0.3 is 15.0 Å². The Kier molecular flexibility index (Phi) is 6.13. The molecule has 2 rings (SSSR count). The second-order valence-corrected chi connectivity index (χ2v) is 6.65. The number of likely N-dealkylation sites (tertiary alicyclic amines) is 1. The number of ether oxygens (including phenoxy) is 1. The summed E-state index contributed by atoms with van der Waals surface area (Å²) in [6.07, 6.45) is 1.65. The lowest BCUT2D eigenvalue weighted by Crippen LogP contribution is -2.46. The molecular weight excluding hydrogens is 358 g/mol. The van der Waals surface area contributed by atoms with E-state index < -0.39 is 0 Å². The van der Waals surface area contributed by atoms with E-state index >= 15 is 0 Å². The first-order valence-corrected chi connectivity index (χ1v) is 8.41. The van der Waals surface area contributed by atoms with Gasteiger partial charge in [0.05, 0.1) is 12.5 Å². The van der Waals surface area contributed by atoms with Crippen molar-refractivity contribution >= 4 is 39.1 Å². The number of rotatable bonds is 5. The van der Waals surface area contributed by atoms with Gasteiger partial charge in [0.2, 0.25) is 11.8 Å². The fourth-order valence-corrected chi connectivity index (χ4v) is 3.51. The highest BCUT2D eigenvalue weighted by atomic mass is 79.9. The molecule has 2 heterocycles. The average Bonchev–Trinajstić information content (AvgIpc) is 2.91. The van der Waals surface area contributed by atoms with Crippen LogP contribution in [0.5, 0.6) is 0 Å². The Morgan fingerprint density at radius 2 is 2.43 bits per heavy atom. The minimum atomic E-state index is -0.150. The third-order valence-corrected chi connectivity index (χ3v) is 4.91. The van der Waals surface area contributed by atoms with Crippen LogP contribution in [0.15, 0.2) is 9.98 Å². The minimum absolute atomic E-state index is 0.0174. The van der Waals surface area contributed by atoms with Crippen LogP contribution in [0.25, 0.3) is 0 Å². The van der Waals surface area contributed by atoms with Crippen molar-refractivity contribution in [3.8, 4) is 0 Å². The third-order valence-electron chi connectivity index (χ3n) is 3.35.